The smallest absolute Gasteiger partial charge is 0.275 e. The van der Waals surface area contributed by atoms with Gasteiger partial charge in [-0.1, -0.05) is 68.6 Å². The molecular formula is C70H70N18O13S5. The van der Waals surface area contributed by atoms with Crippen molar-refractivity contribution >= 4 is 127 Å². The van der Waals surface area contributed by atoms with Crippen LogP contribution in [0.15, 0.2) is 134 Å². The number of nitrogens with zero attached hydrogens (tertiary/aromatic N) is 8. The normalized spacial score (nSPS) is 17.7. The van der Waals surface area contributed by atoms with Crippen LogP contribution in [0.5, 0.6) is 5.75 Å². The van der Waals surface area contributed by atoms with Crippen LogP contribution in [0.3, 0.4) is 0 Å². The quantitative estimate of drug-likeness (QED) is 0.0275. The molecule has 0 spiro atoms. The van der Waals surface area contributed by atoms with Gasteiger partial charge in [-0.2, -0.15) is 0 Å². The van der Waals surface area contributed by atoms with E-state index < -0.39 is 101 Å². The van der Waals surface area contributed by atoms with E-state index in [-0.39, 0.29) is 111 Å². The third kappa shape index (κ3) is 18.7. The highest BCUT2D eigenvalue weighted by Gasteiger charge is 2.40. The van der Waals surface area contributed by atoms with Crippen LogP contribution < -0.4 is 54.0 Å². The number of aliphatic imine (C=N–C) groups is 1. The van der Waals surface area contributed by atoms with Crippen LogP contribution in [0, 0.1) is 6.92 Å². The highest BCUT2D eigenvalue weighted by Crippen LogP contribution is 2.39. The molecule has 3 aliphatic rings. The average molecular weight is 1530 g/mol. The maximum absolute atomic E-state index is 15.0. The fraction of sp³-hybridized carbons (Fsp3) is 0.286. The minimum Gasteiger partial charge on any atom is -0.508 e. The highest BCUT2D eigenvalue weighted by molar-refractivity contribution is 8.14. The molecular weight excluding hydrogens is 1460 g/mol. The Morgan fingerprint density at radius 2 is 1.40 bits per heavy atom. The molecule has 31 nitrogen and oxygen atoms in total. The molecule has 0 radical (unpaired) electrons. The third-order valence-corrected chi connectivity index (χ3v) is 21.7. The molecule has 1 saturated heterocycles. The molecule has 11 amide bonds. The summed E-state index contributed by atoms with van der Waals surface area (Å²) in [5, 5.41) is 39.8. The Labute approximate surface area is 625 Å². The number of carbonyl (C=O) groups excluding carboxylic acids is 11. The van der Waals surface area contributed by atoms with E-state index in [4.69, 9.17) is 40.8 Å². The number of aryl methyl sites for hydroxylation is 1. The minimum absolute atomic E-state index is 0.00176. The number of phenolic OH excluding ortho intramolecular Hbond substituents is 1. The van der Waals surface area contributed by atoms with Gasteiger partial charge in [0.1, 0.15) is 78.8 Å². The summed E-state index contributed by atoms with van der Waals surface area (Å²) in [6.45, 7) is 13.9. The lowest BCUT2D eigenvalue weighted by atomic mass is 10.0. The Kier molecular flexibility index (Phi) is 24.3. The van der Waals surface area contributed by atoms with E-state index in [1.807, 2.05) is 30.3 Å². The van der Waals surface area contributed by atoms with Crippen molar-refractivity contribution in [2.45, 2.75) is 108 Å². The number of thiazole rings is 4. The number of phenols is 1. The summed E-state index contributed by atoms with van der Waals surface area (Å²) >= 11 is 5.91. The lowest BCUT2D eigenvalue weighted by Crippen LogP contribution is -2.51. The van der Waals surface area contributed by atoms with Crippen molar-refractivity contribution in [2.24, 2.45) is 16.5 Å². The van der Waals surface area contributed by atoms with E-state index in [0.717, 1.165) is 28.2 Å². The van der Waals surface area contributed by atoms with Crippen LogP contribution in [0.2, 0.25) is 0 Å². The number of amides is 11. The number of thioether (sulfide) groups is 1. The molecule has 6 atom stereocenters. The van der Waals surface area contributed by atoms with Gasteiger partial charge in [0.05, 0.1) is 45.3 Å². The lowest BCUT2D eigenvalue weighted by molar-refractivity contribution is -0.137. The maximum Gasteiger partial charge on any atom is 0.275 e. The second kappa shape index (κ2) is 34.0. The van der Waals surface area contributed by atoms with Crippen LogP contribution in [0.4, 0.5) is 0 Å². The Hall–Kier alpha value is -11.5. The number of benzene rings is 2. The highest BCUT2D eigenvalue weighted by atomic mass is 32.2. The van der Waals surface area contributed by atoms with Gasteiger partial charge in [0.25, 0.3) is 41.4 Å². The van der Waals surface area contributed by atoms with Crippen LogP contribution in [-0.2, 0) is 52.8 Å². The number of fused-ring (bicyclic) bond motifs is 7. The molecule has 36 heteroatoms. The number of hydrogen-bond acceptors (Lipinski definition) is 25. The van der Waals surface area contributed by atoms with Gasteiger partial charge >= 0.3 is 0 Å². The summed E-state index contributed by atoms with van der Waals surface area (Å²) in [7, 11) is 0. The van der Waals surface area contributed by atoms with Crippen molar-refractivity contribution in [1.82, 2.24) is 77.3 Å². The Bertz CT molecular complexity index is 4830. The number of aromatic hydroxyl groups is 1. The van der Waals surface area contributed by atoms with Gasteiger partial charge in [0, 0.05) is 65.2 Å². The molecule has 1 fully saturated rings. The number of pyridine rings is 1. The summed E-state index contributed by atoms with van der Waals surface area (Å²) in [6, 6.07) is 13.8. The first-order valence-corrected chi connectivity index (χ1v) is 37.6. The van der Waals surface area contributed by atoms with Crippen LogP contribution >= 0.6 is 57.1 Å². The van der Waals surface area contributed by atoms with Gasteiger partial charge in [-0.05, 0) is 81.3 Å². The molecule has 3 aliphatic heterocycles. The lowest BCUT2D eigenvalue weighted by Gasteiger charge is -2.29. The summed E-state index contributed by atoms with van der Waals surface area (Å²) in [4.78, 5) is 182. The van der Waals surface area contributed by atoms with Gasteiger partial charge in [-0.25, -0.2) is 29.9 Å². The number of unbranched alkanes of at least 4 members (excludes halogenated alkanes) is 2. The molecule has 0 aliphatic carbocycles. The number of nitrogens with one attached hydrogen (secondary N) is 8. The number of nitrogens with two attached hydrogens (primary N) is 2. The fourth-order valence-electron chi connectivity index (χ4n) is 11.3. The molecule has 548 valence electrons. The van der Waals surface area contributed by atoms with E-state index in [1.54, 1.807) is 52.2 Å². The van der Waals surface area contributed by atoms with E-state index in [2.05, 4.69) is 72.2 Å². The zero-order valence-corrected chi connectivity index (χ0v) is 60.9. The van der Waals surface area contributed by atoms with Crippen LogP contribution in [-0.4, -0.2) is 153 Å². The monoisotopic (exact) mass is 1530 g/mol. The molecule has 6 bridgehead atoms. The molecule has 6 aromatic heterocycles. The topological polar surface area (TPSA) is 462 Å². The molecule has 0 saturated carbocycles. The summed E-state index contributed by atoms with van der Waals surface area (Å²) < 4.78 is 6.10. The summed E-state index contributed by atoms with van der Waals surface area (Å²) in [6.07, 6.45) is 2.87. The first-order chi connectivity index (χ1) is 50.8. The second-order valence-electron chi connectivity index (χ2n) is 24.6. The standard InChI is InChI=1S/C70H70N18O13S5/c1-33(56(71)91)75-58(93)35(3)74-52(90)16-10-7-11-23-73-64(99)54-37(5)101-65(87-54)42-22-21-41(66-84-48(30-103-66)60(95)77-36(4)59(94)76-34(2)57(72)92)55(79-42)46-28-104-68(83-46)44-27-53-78-47(29-102-53)61(96)80-43(25-38-13-8-6-9-14-38)67-85-49(31-105-67)63(98)82-45(26-39-17-19-40(89)20-18-39)70(100)88-24-12-15-51(88)69-86-50(32-106-69)62(97)81-44/h6,8-9,13-14,17-22,28-30,32,34,43-45,49,51,89H,1,3-4,7,10-12,15-16,23-27,31H2,2,5H3,(H2,71,91)(H2,72,92)(H,73,99)(H,74,90)(H,75,93)(H,76,94)(H,77,95)(H,80,96)(H,81,97)(H,82,98). The first kappa shape index (κ1) is 75.7. The molecule has 13 N–H and O–H groups in total. The minimum atomic E-state index is -1.07. The van der Waals surface area contributed by atoms with Crippen molar-refractivity contribution in [3.8, 4) is 39.3 Å². The number of oxazole rings is 1. The zero-order valence-electron chi connectivity index (χ0n) is 56.9. The number of rotatable bonds is 24. The van der Waals surface area contributed by atoms with Crippen molar-refractivity contribution in [3.63, 3.8) is 0 Å². The maximum atomic E-state index is 15.0. The largest absolute Gasteiger partial charge is 0.508 e. The number of primary amides is 2. The van der Waals surface area contributed by atoms with Crippen molar-refractivity contribution in [3.05, 3.63) is 180 Å². The van der Waals surface area contributed by atoms with E-state index >= 15 is 0 Å². The number of aromatic nitrogens is 6. The van der Waals surface area contributed by atoms with Gasteiger partial charge < -0.3 is 68.4 Å². The Balaban J connectivity index is 0.893. The van der Waals surface area contributed by atoms with Crippen LogP contribution in [0.1, 0.15) is 131 Å². The van der Waals surface area contributed by atoms with Gasteiger partial charge in [0.15, 0.2) is 5.69 Å². The average Bonchev–Trinajstić information content (AvgIpc) is 1.64. The first-order valence-electron chi connectivity index (χ1n) is 33.1. The van der Waals surface area contributed by atoms with Gasteiger partial charge in [-0.3, -0.25) is 57.7 Å². The SMILES string of the molecule is C=C(NC(=O)C(=C)NC(=O)CCCCCNC(=O)c1nc(-c2ccc(-c3nc(C(=O)NC(=C)C(=O)NC(C)C(N)=O)cs3)c(-c3csc(C4Cc5nc(cs5)C(=O)NC(Cc5ccccc5)C5=NC(CS5)C(=O)NC(Cc5ccc(O)cc5)C(=O)N5CCCC5c5nc(cs5)C(=O)N4)n3)n2)oc1C)C(N)=O. The van der Waals surface area contributed by atoms with E-state index in [0.29, 0.717) is 76.3 Å². The predicted molar refractivity (Wildman–Crippen MR) is 395 cm³/mol. The summed E-state index contributed by atoms with van der Waals surface area (Å²) in [5.41, 5.74) is 11.7. The van der Waals surface area contributed by atoms with E-state index in [9.17, 15) is 57.8 Å². The zero-order chi connectivity index (χ0) is 75.5. The fourth-order valence-corrected chi connectivity index (χ4v) is 15.8. The van der Waals surface area contributed by atoms with Crippen LogP contribution in [0.25, 0.3) is 33.5 Å². The second-order valence-corrected chi connectivity index (χ2v) is 29.2. The Morgan fingerprint density at radius 1 is 0.698 bits per heavy atom. The third-order valence-electron chi connectivity index (χ3n) is 16.9. The number of carbonyl (C=O) groups is 11. The summed E-state index contributed by atoms with van der Waals surface area (Å²) in [5.74, 6) is -7.02. The van der Waals surface area contributed by atoms with E-state index in [1.165, 1.54) is 58.9 Å². The van der Waals surface area contributed by atoms with Gasteiger partial charge in [0.2, 0.25) is 29.5 Å². The molecule has 9 heterocycles. The van der Waals surface area contributed by atoms with Gasteiger partial charge in [-0.15, -0.1) is 57.1 Å². The predicted octanol–water partition coefficient (Wildman–Crippen LogP) is 5.15. The number of hydrogen-bond donors (Lipinski definition) is 11. The molecule has 2 aromatic carbocycles. The molecule has 106 heavy (non-hydrogen) atoms. The molecule has 6 unspecified atom stereocenters. The van der Waals surface area contributed by atoms with Crippen molar-refractivity contribution in [1.29, 1.82) is 0 Å². The molecule has 11 rings (SSSR count). The Morgan fingerprint density at radius 3 is 2.16 bits per heavy atom. The molecule has 8 aromatic rings. The van der Waals surface area contributed by atoms with Crippen molar-refractivity contribution in [2.75, 3.05) is 18.8 Å². The van der Waals surface area contributed by atoms with Crippen molar-refractivity contribution < 1.29 is 62.3 Å².